The molecular formula is C12H15F2NO3. The van der Waals surface area contributed by atoms with Crippen molar-refractivity contribution in [2.24, 2.45) is 5.73 Å². The van der Waals surface area contributed by atoms with Gasteiger partial charge in [-0.15, -0.1) is 0 Å². The van der Waals surface area contributed by atoms with Crippen LogP contribution in [0.3, 0.4) is 0 Å². The standard InChI is InChI=1S/C12H15F2NO3/c1-6-4-7(9(15)11(16)17)10(18-3)8(5-6)12(2,13)14/h4-5,9H,15H2,1-3H3,(H,16,17). The molecule has 1 atom stereocenters. The van der Waals surface area contributed by atoms with Crippen molar-refractivity contribution < 1.29 is 23.4 Å². The van der Waals surface area contributed by atoms with Crippen molar-refractivity contribution in [3.05, 3.63) is 28.8 Å². The molecule has 18 heavy (non-hydrogen) atoms. The fourth-order valence-electron chi connectivity index (χ4n) is 1.72. The quantitative estimate of drug-likeness (QED) is 0.869. The average molecular weight is 259 g/mol. The summed E-state index contributed by atoms with van der Waals surface area (Å²) < 4.78 is 31.8. The van der Waals surface area contributed by atoms with Crippen molar-refractivity contribution in [1.82, 2.24) is 0 Å². The Labute approximate surface area is 103 Å². The molecular weight excluding hydrogens is 244 g/mol. The number of carboxylic acids is 1. The molecule has 0 amide bonds. The lowest BCUT2D eigenvalue weighted by Crippen LogP contribution is -2.23. The number of aliphatic carboxylic acids is 1. The molecule has 0 fully saturated rings. The Morgan fingerprint density at radius 3 is 2.44 bits per heavy atom. The number of rotatable bonds is 4. The van der Waals surface area contributed by atoms with E-state index < -0.39 is 17.9 Å². The normalized spacial score (nSPS) is 13.2. The highest BCUT2D eigenvalue weighted by Crippen LogP contribution is 2.39. The van der Waals surface area contributed by atoms with Gasteiger partial charge < -0.3 is 15.6 Å². The van der Waals surface area contributed by atoms with Crippen LogP contribution in [0.5, 0.6) is 5.75 Å². The number of carboxylic acid groups (broad SMARTS) is 1. The molecule has 0 aliphatic heterocycles. The van der Waals surface area contributed by atoms with Crippen LogP contribution in [0, 0.1) is 6.92 Å². The maximum Gasteiger partial charge on any atom is 0.325 e. The highest BCUT2D eigenvalue weighted by Gasteiger charge is 2.32. The average Bonchev–Trinajstić information content (AvgIpc) is 2.25. The third-order valence-electron chi connectivity index (χ3n) is 2.54. The first-order chi connectivity index (χ1) is 8.18. The molecule has 0 saturated heterocycles. The second-order valence-electron chi connectivity index (χ2n) is 4.14. The van der Waals surface area contributed by atoms with E-state index in [1.165, 1.54) is 19.2 Å². The van der Waals surface area contributed by atoms with E-state index in [0.717, 1.165) is 6.92 Å². The third-order valence-corrected chi connectivity index (χ3v) is 2.54. The summed E-state index contributed by atoms with van der Waals surface area (Å²) in [6.07, 6.45) is 0. The Balaban J connectivity index is 3.52. The van der Waals surface area contributed by atoms with E-state index in [0.29, 0.717) is 5.56 Å². The molecule has 0 radical (unpaired) electrons. The summed E-state index contributed by atoms with van der Waals surface area (Å²) in [6.45, 7) is 2.31. The first kappa shape index (κ1) is 14.4. The largest absolute Gasteiger partial charge is 0.496 e. The zero-order chi connectivity index (χ0) is 14.1. The Kier molecular flexibility index (Phi) is 3.91. The van der Waals surface area contributed by atoms with Crippen molar-refractivity contribution in [1.29, 1.82) is 0 Å². The number of ether oxygens (including phenoxy) is 1. The summed E-state index contributed by atoms with van der Waals surface area (Å²) in [5, 5.41) is 8.87. The third kappa shape index (κ3) is 2.76. The van der Waals surface area contributed by atoms with E-state index in [9.17, 15) is 13.6 Å². The van der Waals surface area contributed by atoms with Crippen molar-refractivity contribution in [2.45, 2.75) is 25.8 Å². The number of aryl methyl sites for hydroxylation is 1. The van der Waals surface area contributed by atoms with Crippen LogP contribution in [0.1, 0.15) is 29.7 Å². The van der Waals surface area contributed by atoms with Gasteiger partial charge in [-0.05, 0) is 13.0 Å². The van der Waals surface area contributed by atoms with Crippen LogP contribution in [-0.2, 0) is 10.7 Å². The van der Waals surface area contributed by atoms with E-state index >= 15 is 0 Å². The minimum Gasteiger partial charge on any atom is -0.496 e. The van der Waals surface area contributed by atoms with Gasteiger partial charge >= 0.3 is 5.97 Å². The Bertz CT molecular complexity index is 469. The summed E-state index contributed by atoms with van der Waals surface area (Å²) in [7, 11) is 1.21. The van der Waals surface area contributed by atoms with Crippen LogP contribution in [0.4, 0.5) is 8.78 Å². The lowest BCUT2D eigenvalue weighted by atomic mass is 9.96. The molecule has 4 nitrogen and oxygen atoms in total. The fourth-order valence-corrected chi connectivity index (χ4v) is 1.72. The van der Waals surface area contributed by atoms with Crippen molar-refractivity contribution >= 4 is 5.97 Å². The van der Waals surface area contributed by atoms with Crippen molar-refractivity contribution in [2.75, 3.05) is 7.11 Å². The van der Waals surface area contributed by atoms with E-state index in [4.69, 9.17) is 15.6 Å². The number of hydrogen-bond acceptors (Lipinski definition) is 3. The molecule has 1 aromatic rings. The monoisotopic (exact) mass is 259 g/mol. The molecule has 1 unspecified atom stereocenters. The summed E-state index contributed by atoms with van der Waals surface area (Å²) in [6, 6.07) is 1.30. The van der Waals surface area contributed by atoms with Gasteiger partial charge in [0.05, 0.1) is 12.7 Å². The number of carbonyl (C=O) groups is 1. The lowest BCUT2D eigenvalue weighted by molar-refractivity contribution is -0.138. The summed E-state index contributed by atoms with van der Waals surface area (Å²) >= 11 is 0. The molecule has 0 spiro atoms. The summed E-state index contributed by atoms with van der Waals surface area (Å²) in [5.74, 6) is -4.61. The maximum absolute atomic E-state index is 13.5. The lowest BCUT2D eigenvalue weighted by Gasteiger charge is -2.20. The van der Waals surface area contributed by atoms with Gasteiger partial charge in [0, 0.05) is 12.5 Å². The number of hydrogen-bond donors (Lipinski definition) is 2. The van der Waals surface area contributed by atoms with Crippen LogP contribution in [0.25, 0.3) is 0 Å². The van der Waals surface area contributed by atoms with Gasteiger partial charge in [0.2, 0.25) is 0 Å². The number of methoxy groups -OCH3 is 1. The molecule has 0 aromatic heterocycles. The van der Waals surface area contributed by atoms with Crippen LogP contribution in [0.15, 0.2) is 12.1 Å². The SMILES string of the molecule is COc1c(C(N)C(=O)O)cc(C)cc1C(C)(F)F. The molecule has 0 bridgehead atoms. The molecule has 3 N–H and O–H groups in total. The molecule has 1 rings (SSSR count). The van der Waals surface area contributed by atoms with Gasteiger partial charge in [-0.1, -0.05) is 11.6 Å². The minimum atomic E-state index is -3.13. The van der Waals surface area contributed by atoms with Gasteiger partial charge in [-0.25, -0.2) is 8.78 Å². The number of alkyl halides is 2. The topological polar surface area (TPSA) is 72.5 Å². The molecule has 0 aliphatic carbocycles. The van der Waals surface area contributed by atoms with E-state index in [-0.39, 0.29) is 16.9 Å². The van der Waals surface area contributed by atoms with Crippen LogP contribution >= 0.6 is 0 Å². The van der Waals surface area contributed by atoms with Gasteiger partial charge in [0.15, 0.2) is 0 Å². The van der Waals surface area contributed by atoms with Gasteiger partial charge in [-0.2, -0.15) is 0 Å². The Morgan fingerprint density at radius 2 is 2.06 bits per heavy atom. The molecule has 1 aromatic carbocycles. The number of benzene rings is 1. The predicted octanol–water partition coefficient (Wildman–Crippen LogP) is 2.20. The minimum absolute atomic E-state index is 0.0431. The first-order valence-electron chi connectivity index (χ1n) is 5.23. The number of nitrogens with two attached hydrogens (primary N) is 1. The summed E-state index contributed by atoms with van der Waals surface area (Å²) in [4.78, 5) is 10.9. The van der Waals surface area contributed by atoms with Crippen molar-refractivity contribution in [3.8, 4) is 5.75 Å². The maximum atomic E-state index is 13.5. The smallest absolute Gasteiger partial charge is 0.325 e. The second-order valence-corrected chi connectivity index (χ2v) is 4.14. The first-order valence-corrected chi connectivity index (χ1v) is 5.23. The summed E-state index contributed by atoms with van der Waals surface area (Å²) in [5.41, 5.74) is 5.65. The second kappa shape index (κ2) is 4.89. The van der Waals surface area contributed by atoms with E-state index in [1.54, 1.807) is 6.92 Å². The van der Waals surface area contributed by atoms with Crippen LogP contribution < -0.4 is 10.5 Å². The van der Waals surface area contributed by atoms with Crippen LogP contribution in [-0.4, -0.2) is 18.2 Å². The van der Waals surface area contributed by atoms with E-state index in [1.807, 2.05) is 0 Å². The van der Waals surface area contributed by atoms with Gasteiger partial charge in [0.25, 0.3) is 5.92 Å². The van der Waals surface area contributed by atoms with E-state index in [2.05, 4.69) is 0 Å². The fraction of sp³-hybridized carbons (Fsp3) is 0.417. The van der Waals surface area contributed by atoms with Gasteiger partial charge in [-0.3, -0.25) is 4.79 Å². The van der Waals surface area contributed by atoms with Crippen LogP contribution in [0.2, 0.25) is 0 Å². The van der Waals surface area contributed by atoms with Crippen molar-refractivity contribution in [3.63, 3.8) is 0 Å². The highest BCUT2D eigenvalue weighted by atomic mass is 19.3. The van der Waals surface area contributed by atoms with Gasteiger partial charge in [0.1, 0.15) is 11.8 Å². The highest BCUT2D eigenvalue weighted by molar-refractivity contribution is 5.77. The molecule has 0 saturated carbocycles. The zero-order valence-electron chi connectivity index (χ0n) is 10.3. The molecule has 0 heterocycles. The molecule has 0 aliphatic rings. The predicted molar refractivity (Wildman–Crippen MR) is 61.9 cm³/mol. The Morgan fingerprint density at radius 1 is 1.50 bits per heavy atom. The number of halogens is 2. The zero-order valence-corrected chi connectivity index (χ0v) is 10.3. The molecule has 100 valence electrons. The Hall–Kier alpha value is -1.69. The molecule has 6 heteroatoms.